The van der Waals surface area contributed by atoms with E-state index in [1.807, 2.05) is 19.1 Å². The number of carbonyl (C=O) groups excluding carboxylic acids is 1. The molecule has 2 aromatic rings. The van der Waals surface area contributed by atoms with Crippen LogP contribution in [0.1, 0.15) is 22.8 Å². The Morgan fingerprint density at radius 1 is 1.10 bits per heavy atom. The van der Waals surface area contributed by atoms with E-state index in [-0.39, 0.29) is 11.8 Å². The summed E-state index contributed by atoms with van der Waals surface area (Å²) in [7, 11) is 1.36. The van der Waals surface area contributed by atoms with Crippen LogP contribution in [0.4, 0.5) is 10.1 Å². The molecule has 21 heavy (non-hydrogen) atoms. The van der Waals surface area contributed by atoms with Gasteiger partial charge in [0.25, 0.3) is 0 Å². The van der Waals surface area contributed by atoms with Crippen LogP contribution in [-0.4, -0.2) is 19.6 Å². The van der Waals surface area contributed by atoms with Crippen LogP contribution in [0.5, 0.6) is 0 Å². The molecule has 0 amide bonds. The molecule has 0 unspecified atom stereocenters. The number of anilines is 1. The topological polar surface area (TPSA) is 29.5 Å². The van der Waals surface area contributed by atoms with E-state index < -0.39 is 0 Å². The van der Waals surface area contributed by atoms with Crippen molar-refractivity contribution in [1.29, 1.82) is 0 Å². The molecule has 0 N–H and O–H groups in total. The molecule has 2 aromatic carbocycles. The van der Waals surface area contributed by atoms with Gasteiger partial charge in [0.2, 0.25) is 0 Å². The first-order valence-corrected chi connectivity index (χ1v) is 6.81. The van der Waals surface area contributed by atoms with Crippen LogP contribution >= 0.6 is 0 Å². The molecule has 0 spiro atoms. The number of methoxy groups -OCH3 is 1. The van der Waals surface area contributed by atoms with Crippen molar-refractivity contribution in [3.8, 4) is 0 Å². The van der Waals surface area contributed by atoms with Crippen LogP contribution in [0.2, 0.25) is 0 Å². The summed E-state index contributed by atoms with van der Waals surface area (Å²) >= 11 is 0. The standard InChI is InChI=1S/C17H18FNO2/c1-3-19(16-10-8-15(18)9-11-16)12-13-4-6-14(7-5-13)17(20)21-2/h4-11H,3,12H2,1-2H3. The van der Waals surface area contributed by atoms with Crippen LogP contribution < -0.4 is 4.90 Å². The molecule has 0 saturated heterocycles. The second-order valence-electron chi connectivity index (χ2n) is 4.68. The summed E-state index contributed by atoms with van der Waals surface area (Å²) in [5.41, 5.74) is 2.58. The van der Waals surface area contributed by atoms with Gasteiger partial charge in [-0.3, -0.25) is 0 Å². The van der Waals surface area contributed by atoms with Crippen LogP contribution in [0.25, 0.3) is 0 Å². The van der Waals surface area contributed by atoms with E-state index in [1.165, 1.54) is 19.2 Å². The van der Waals surface area contributed by atoms with Gasteiger partial charge >= 0.3 is 5.97 Å². The zero-order valence-electron chi connectivity index (χ0n) is 12.2. The van der Waals surface area contributed by atoms with Crippen molar-refractivity contribution < 1.29 is 13.9 Å². The van der Waals surface area contributed by atoms with Crippen molar-refractivity contribution in [2.75, 3.05) is 18.6 Å². The van der Waals surface area contributed by atoms with Crippen LogP contribution in [0.3, 0.4) is 0 Å². The Balaban J connectivity index is 2.11. The SMILES string of the molecule is CCN(Cc1ccc(C(=O)OC)cc1)c1ccc(F)cc1. The molecule has 0 aliphatic heterocycles. The molecular formula is C17H18FNO2. The molecule has 110 valence electrons. The van der Waals surface area contributed by atoms with Gasteiger partial charge in [-0.1, -0.05) is 12.1 Å². The summed E-state index contributed by atoms with van der Waals surface area (Å²) in [5, 5.41) is 0. The van der Waals surface area contributed by atoms with Crippen molar-refractivity contribution >= 4 is 11.7 Å². The zero-order valence-corrected chi connectivity index (χ0v) is 12.2. The van der Waals surface area contributed by atoms with E-state index in [0.29, 0.717) is 12.1 Å². The van der Waals surface area contributed by atoms with Gasteiger partial charge in [0, 0.05) is 18.8 Å². The summed E-state index contributed by atoms with van der Waals surface area (Å²) in [6.07, 6.45) is 0. The summed E-state index contributed by atoms with van der Waals surface area (Å²) in [4.78, 5) is 13.5. The summed E-state index contributed by atoms with van der Waals surface area (Å²) < 4.78 is 17.6. The normalized spacial score (nSPS) is 10.2. The van der Waals surface area contributed by atoms with Gasteiger partial charge in [-0.05, 0) is 48.9 Å². The van der Waals surface area contributed by atoms with Gasteiger partial charge in [0.05, 0.1) is 12.7 Å². The van der Waals surface area contributed by atoms with E-state index in [1.54, 1.807) is 24.3 Å². The highest BCUT2D eigenvalue weighted by Gasteiger charge is 2.08. The lowest BCUT2D eigenvalue weighted by Crippen LogP contribution is -2.21. The highest BCUT2D eigenvalue weighted by Crippen LogP contribution is 2.18. The number of esters is 1. The molecule has 0 saturated carbocycles. The summed E-state index contributed by atoms with van der Waals surface area (Å²) in [6, 6.07) is 13.7. The minimum absolute atomic E-state index is 0.239. The average Bonchev–Trinajstić information content (AvgIpc) is 2.53. The number of nitrogens with zero attached hydrogens (tertiary/aromatic N) is 1. The van der Waals surface area contributed by atoms with E-state index in [9.17, 15) is 9.18 Å². The molecule has 2 rings (SSSR count). The summed E-state index contributed by atoms with van der Waals surface area (Å²) in [6.45, 7) is 3.56. The fourth-order valence-corrected chi connectivity index (χ4v) is 2.12. The molecule has 4 heteroatoms. The Kier molecular flexibility index (Phi) is 4.93. The fourth-order valence-electron chi connectivity index (χ4n) is 2.12. The molecule has 0 radical (unpaired) electrons. The van der Waals surface area contributed by atoms with Crippen molar-refractivity contribution in [3.63, 3.8) is 0 Å². The van der Waals surface area contributed by atoms with Crippen LogP contribution in [0.15, 0.2) is 48.5 Å². The van der Waals surface area contributed by atoms with Crippen molar-refractivity contribution in [2.24, 2.45) is 0 Å². The smallest absolute Gasteiger partial charge is 0.337 e. The molecule has 0 heterocycles. The lowest BCUT2D eigenvalue weighted by Gasteiger charge is -2.23. The first-order valence-electron chi connectivity index (χ1n) is 6.81. The minimum atomic E-state index is -0.340. The molecule has 0 aliphatic carbocycles. The second-order valence-corrected chi connectivity index (χ2v) is 4.68. The monoisotopic (exact) mass is 287 g/mol. The highest BCUT2D eigenvalue weighted by atomic mass is 19.1. The Morgan fingerprint density at radius 2 is 1.71 bits per heavy atom. The second kappa shape index (κ2) is 6.88. The third-order valence-corrected chi connectivity index (χ3v) is 3.32. The van der Waals surface area contributed by atoms with E-state index in [2.05, 4.69) is 9.64 Å². The predicted octanol–water partition coefficient (Wildman–Crippen LogP) is 3.64. The van der Waals surface area contributed by atoms with Gasteiger partial charge in [0.15, 0.2) is 0 Å². The zero-order chi connectivity index (χ0) is 15.2. The number of hydrogen-bond donors (Lipinski definition) is 0. The van der Waals surface area contributed by atoms with Crippen molar-refractivity contribution in [2.45, 2.75) is 13.5 Å². The number of halogens is 1. The lowest BCUT2D eigenvalue weighted by atomic mass is 10.1. The van der Waals surface area contributed by atoms with Gasteiger partial charge < -0.3 is 9.64 Å². The Morgan fingerprint density at radius 3 is 2.24 bits per heavy atom. The van der Waals surface area contributed by atoms with Gasteiger partial charge in [-0.2, -0.15) is 0 Å². The summed E-state index contributed by atoms with van der Waals surface area (Å²) in [5.74, 6) is -0.579. The third-order valence-electron chi connectivity index (χ3n) is 3.32. The van der Waals surface area contributed by atoms with Crippen LogP contribution in [0, 0.1) is 5.82 Å². The molecular weight excluding hydrogens is 269 g/mol. The largest absolute Gasteiger partial charge is 0.465 e. The van der Waals surface area contributed by atoms with E-state index in [0.717, 1.165) is 17.8 Å². The Hall–Kier alpha value is -2.36. The maximum atomic E-state index is 13.0. The highest BCUT2D eigenvalue weighted by molar-refractivity contribution is 5.89. The van der Waals surface area contributed by atoms with Crippen molar-refractivity contribution in [1.82, 2.24) is 0 Å². The number of hydrogen-bond acceptors (Lipinski definition) is 3. The molecule has 0 aliphatic rings. The van der Waals surface area contributed by atoms with Gasteiger partial charge in [0.1, 0.15) is 5.82 Å². The average molecular weight is 287 g/mol. The van der Waals surface area contributed by atoms with E-state index in [4.69, 9.17) is 0 Å². The third kappa shape index (κ3) is 3.81. The van der Waals surface area contributed by atoms with Crippen LogP contribution in [-0.2, 0) is 11.3 Å². The number of ether oxygens (including phenoxy) is 1. The molecule has 3 nitrogen and oxygen atoms in total. The lowest BCUT2D eigenvalue weighted by molar-refractivity contribution is 0.0600. The fraction of sp³-hybridized carbons (Fsp3) is 0.235. The number of benzene rings is 2. The van der Waals surface area contributed by atoms with Crippen molar-refractivity contribution in [3.05, 3.63) is 65.5 Å². The number of carbonyl (C=O) groups is 1. The quantitative estimate of drug-likeness (QED) is 0.786. The minimum Gasteiger partial charge on any atom is -0.465 e. The maximum absolute atomic E-state index is 13.0. The van der Waals surface area contributed by atoms with Gasteiger partial charge in [-0.25, -0.2) is 9.18 Å². The van der Waals surface area contributed by atoms with Gasteiger partial charge in [-0.15, -0.1) is 0 Å². The maximum Gasteiger partial charge on any atom is 0.337 e. The Labute approximate surface area is 124 Å². The molecule has 0 aromatic heterocycles. The first-order chi connectivity index (χ1) is 10.1. The number of rotatable bonds is 5. The Bertz CT molecular complexity index is 593. The predicted molar refractivity (Wildman–Crippen MR) is 80.9 cm³/mol. The molecule has 0 atom stereocenters. The van der Waals surface area contributed by atoms with E-state index >= 15 is 0 Å². The molecule has 0 fully saturated rings. The molecule has 0 bridgehead atoms. The first kappa shape index (κ1) is 15.0.